The average molecular weight is 467 g/mol. The van der Waals surface area contributed by atoms with Gasteiger partial charge in [-0.25, -0.2) is 4.79 Å². The van der Waals surface area contributed by atoms with Gasteiger partial charge in [0.1, 0.15) is 11.2 Å². The molecule has 0 bridgehead atoms. The first-order valence-corrected chi connectivity index (χ1v) is 12.1. The fourth-order valence-corrected chi connectivity index (χ4v) is 4.82. The van der Waals surface area contributed by atoms with Gasteiger partial charge in [-0.2, -0.15) is 5.10 Å². The smallest absolute Gasteiger partial charge is 0.358 e. The maximum absolute atomic E-state index is 13.7. The number of aromatic nitrogens is 2. The molecule has 8 heteroatoms. The standard InChI is InChI=1S/C26H34N4O4/c1-5-34-24(32)21-14-22-23(31)29(15-19-10-6-17(2)7-11-19)26(4,16-30(22)28-21)25(33)27-20-12-8-18(3)9-13-20/h6-7,10-11,14,18,20H,5,8-9,12-13,15-16H2,1-4H3,(H,27,33)/t18?,20?,26-/m0/s1. The second-order valence-electron chi connectivity index (χ2n) is 9.87. The Bertz CT molecular complexity index is 1070. The molecule has 1 aliphatic heterocycles. The molecular formula is C26H34N4O4. The number of hydrogen-bond acceptors (Lipinski definition) is 5. The van der Waals surface area contributed by atoms with E-state index in [1.807, 2.05) is 31.2 Å². The third-order valence-corrected chi connectivity index (χ3v) is 7.08. The van der Waals surface area contributed by atoms with Crippen LogP contribution < -0.4 is 5.32 Å². The quantitative estimate of drug-likeness (QED) is 0.658. The summed E-state index contributed by atoms with van der Waals surface area (Å²) in [5.74, 6) is -0.424. The number of amides is 2. The van der Waals surface area contributed by atoms with Crippen LogP contribution in [-0.4, -0.2) is 50.7 Å². The predicted octanol–water partition coefficient (Wildman–Crippen LogP) is 3.48. The van der Waals surface area contributed by atoms with Gasteiger partial charge < -0.3 is 15.0 Å². The molecule has 0 radical (unpaired) electrons. The molecule has 1 fully saturated rings. The maximum Gasteiger partial charge on any atom is 0.358 e. The van der Waals surface area contributed by atoms with Crippen molar-refractivity contribution in [1.82, 2.24) is 20.0 Å². The molecule has 34 heavy (non-hydrogen) atoms. The highest BCUT2D eigenvalue weighted by Gasteiger charge is 2.48. The minimum Gasteiger partial charge on any atom is -0.461 e. The van der Waals surface area contributed by atoms with Crippen LogP contribution in [0.5, 0.6) is 0 Å². The van der Waals surface area contributed by atoms with E-state index in [2.05, 4.69) is 17.3 Å². The van der Waals surface area contributed by atoms with Crippen LogP contribution in [0, 0.1) is 12.8 Å². The normalized spacial score (nSPS) is 24.5. The maximum atomic E-state index is 13.7. The lowest BCUT2D eigenvalue weighted by atomic mass is 9.86. The topological polar surface area (TPSA) is 93.5 Å². The minimum atomic E-state index is -1.16. The van der Waals surface area contributed by atoms with Crippen molar-refractivity contribution in [2.75, 3.05) is 6.61 Å². The van der Waals surface area contributed by atoms with Crippen molar-refractivity contribution in [1.29, 1.82) is 0 Å². The Morgan fingerprint density at radius 2 is 1.85 bits per heavy atom. The molecule has 0 spiro atoms. The van der Waals surface area contributed by atoms with Crippen LogP contribution in [0.3, 0.4) is 0 Å². The summed E-state index contributed by atoms with van der Waals surface area (Å²) in [7, 11) is 0. The Balaban J connectivity index is 1.66. The van der Waals surface area contributed by atoms with E-state index in [-0.39, 0.29) is 48.9 Å². The summed E-state index contributed by atoms with van der Waals surface area (Å²) in [6.45, 7) is 8.41. The highest BCUT2D eigenvalue weighted by atomic mass is 16.5. The Morgan fingerprint density at radius 3 is 2.50 bits per heavy atom. The first-order valence-electron chi connectivity index (χ1n) is 12.1. The molecular weight excluding hydrogens is 432 g/mol. The van der Waals surface area contributed by atoms with Crippen molar-refractivity contribution in [2.45, 2.75) is 78.0 Å². The number of nitrogens with zero attached hydrogens (tertiary/aromatic N) is 3. The summed E-state index contributed by atoms with van der Waals surface area (Å²) < 4.78 is 6.54. The fourth-order valence-electron chi connectivity index (χ4n) is 4.82. The third kappa shape index (κ3) is 4.72. The number of hydrogen-bond donors (Lipinski definition) is 1. The first-order chi connectivity index (χ1) is 16.2. The summed E-state index contributed by atoms with van der Waals surface area (Å²) in [5.41, 5.74) is 1.26. The van der Waals surface area contributed by atoms with E-state index in [9.17, 15) is 14.4 Å². The van der Waals surface area contributed by atoms with Gasteiger partial charge in [0.15, 0.2) is 5.69 Å². The van der Waals surface area contributed by atoms with Crippen LogP contribution in [0.4, 0.5) is 0 Å². The lowest BCUT2D eigenvalue weighted by Gasteiger charge is -2.44. The molecule has 8 nitrogen and oxygen atoms in total. The lowest BCUT2D eigenvalue weighted by Crippen LogP contribution is -2.64. The van der Waals surface area contributed by atoms with Crippen molar-refractivity contribution >= 4 is 17.8 Å². The van der Waals surface area contributed by atoms with E-state index in [0.29, 0.717) is 5.92 Å². The van der Waals surface area contributed by atoms with Gasteiger partial charge in [0, 0.05) is 18.7 Å². The number of benzene rings is 1. The molecule has 4 rings (SSSR count). The number of fused-ring (bicyclic) bond motifs is 1. The fraction of sp³-hybridized carbons (Fsp3) is 0.538. The number of carbonyl (C=O) groups excluding carboxylic acids is 3. The van der Waals surface area contributed by atoms with E-state index in [1.54, 1.807) is 18.7 Å². The lowest BCUT2D eigenvalue weighted by molar-refractivity contribution is -0.134. The van der Waals surface area contributed by atoms with Gasteiger partial charge in [-0.15, -0.1) is 0 Å². The van der Waals surface area contributed by atoms with Crippen LogP contribution in [-0.2, 0) is 22.6 Å². The van der Waals surface area contributed by atoms with Crippen LogP contribution in [0.2, 0.25) is 0 Å². The molecule has 2 aliphatic rings. The number of aryl methyl sites for hydroxylation is 1. The van der Waals surface area contributed by atoms with Crippen LogP contribution in [0.25, 0.3) is 0 Å². The Morgan fingerprint density at radius 1 is 1.18 bits per heavy atom. The van der Waals surface area contributed by atoms with Crippen LogP contribution >= 0.6 is 0 Å². The van der Waals surface area contributed by atoms with Crippen molar-refractivity contribution < 1.29 is 19.1 Å². The summed E-state index contributed by atoms with van der Waals surface area (Å²) in [4.78, 5) is 41.2. The number of rotatable bonds is 6. The molecule has 2 heterocycles. The van der Waals surface area contributed by atoms with Crippen molar-refractivity contribution in [3.63, 3.8) is 0 Å². The van der Waals surface area contributed by atoms with Gasteiger partial charge in [0.25, 0.3) is 5.91 Å². The largest absolute Gasteiger partial charge is 0.461 e. The molecule has 1 atom stereocenters. The second-order valence-corrected chi connectivity index (χ2v) is 9.87. The Labute approximate surface area is 200 Å². The molecule has 1 aromatic carbocycles. The Hall–Kier alpha value is -3.16. The number of carbonyl (C=O) groups is 3. The number of nitrogens with one attached hydrogen (secondary N) is 1. The zero-order valence-corrected chi connectivity index (χ0v) is 20.5. The van der Waals surface area contributed by atoms with E-state index in [0.717, 1.165) is 36.8 Å². The second kappa shape index (κ2) is 9.60. The summed E-state index contributed by atoms with van der Waals surface area (Å²) >= 11 is 0. The third-order valence-electron chi connectivity index (χ3n) is 7.08. The minimum absolute atomic E-state index is 0.0754. The van der Waals surface area contributed by atoms with Crippen molar-refractivity contribution in [3.8, 4) is 0 Å². The van der Waals surface area contributed by atoms with E-state index < -0.39 is 11.5 Å². The van der Waals surface area contributed by atoms with E-state index >= 15 is 0 Å². The molecule has 2 amide bonds. The molecule has 1 aliphatic carbocycles. The number of ether oxygens (including phenoxy) is 1. The molecule has 2 aromatic rings. The molecule has 1 saturated carbocycles. The van der Waals surface area contributed by atoms with E-state index in [1.165, 1.54) is 10.7 Å². The predicted molar refractivity (Wildman–Crippen MR) is 127 cm³/mol. The average Bonchev–Trinajstić information content (AvgIpc) is 3.23. The summed E-state index contributed by atoms with van der Waals surface area (Å²) in [6, 6.07) is 9.49. The van der Waals surface area contributed by atoms with Gasteiger partial charge >= 0.3 is 5.97 Å². The Kier molecular flexibility index (Phi) is 6.77. The van der Waals surface area contributed by atoms with Crippen LogP contribution in [0.1, 0.15) is 78.6 Å². The van der Waals surface area contributed by atoms with Crippen LogP contribution in [0.15, 0.2) is 30.3 Å². The summed E-state index contributed by atoms with van der Waals surface area (Å²) in [5, 5.41) is 7.53. The van der Waals surface area contributed by atoms with Crippen molar-refractivity contribution in [2.24, 2.45) is 5.92 Å². The van der Waals surface area contributed by atoms with Crippen molar-refractivity contribution in [3.05, 3.63) is 52.8 Å². The first kappa shape index (κ1) is 24.0. The molecule has 1 aromatic heterocycles. The molecule has 0 saturated heterocycles. The monoisotopic (exact) mass is 466 g/mol. The molecule has 1 N–H and O–H groups in total. The number of esters is 1. The van der Waals surface area contributed by atoms with Gasteiger partial charge in [0.05, 0.1) is 13.2 Å². The zero-order chi connectivity index (χ0) is 24.5. The molecule has 182 valence electrons. The summed E-state index contributed by atoms with van der Waals surface area (Å²) in [6.07, 6.45) is 4.05. The highest BCUT2D eigenvalue weighted by molar-refractivity contribution is 6.01. The molecule has 0 unspecified atom stereocenters. The van der Waals surface area contributed by atoms with Gasteiger partial charge in [-0.3, -0.25) is 14.3 Å². The SMILES string of the molecule is CCOC(=O)c1cc2n(n1)C[C@@](C)(C(=O)NC1CCC(C)CC1)N(Cc1ccc(C)cc1)C2=O. The van der Waals surface area contributed by atoms with Gasteiger partial charge in [-0.05, 0) is 57.9 Å². The van der Waals surface area contributed by atoms with Gasteiger partial charge in [-0.1, -0.05) is 36.8 Å². The highest BCUT2D eigenvalue weighted by Crippen LogP contribution is 2.31. The van der Waals surface area contributed by atoms with Gasteiger partial charge in [0.2, 0.25) is 5.91 Å². The van der Waals surface area contributed by atoms with E-state index in [4.69, 9.17) is 4.74 Å². The zero-order valence-electron chi connectivity index (χ0n) is 20.5.